The number of para-hydroxylation sites is 1. The lowest BCUT2D eigenvalue weighted by Gasteiger charge is -2.29. The molecule has 0 spiro atoms. The van der Waals surface area contributed by atoms with Crippen molar-refractivity contribution in [3.05, 3.63) is 63.2 Å². The van der Waals surface area contributed by atoms with Crippen molar-refractivity contribution in [2.24, 2.45) is 0 Å². The van der Waals surface area contributed by atoms with Gasteiger partial charge in [0.15, 0.2) is 5.69 Å². The van der Waals surface area contributed by atoms with Gasteiger partial charge in [-0.2, -0.15) is 4.98 Å². The van der Waals surface area contributed by atoms with Crippen LogP contribution in [0, 0.1) is 10.1 Å². The Labute approximate surface area is 180 Å². The van der Waals surface area contributed by atoms with Crippen molar-refractivity contribution < 1.29 is 14.5 Å². The van der Waals surface area contributed by atoms with Crippen molar-refractivity contribution in [1.82, 2.24) is 15.2 Å². The van der Waals surface area contributed by atoms with Crippen LogP contribution in [-0.4, -0.2) is 32.3 Å². The van der Waals surface area contributed by atoms with E-state index in [4.69, 9.17) is 16.3 Å². The normalized spacial score (nSPS) is 14.9. The monoisotopic (exact) mass is 443 g/mol. The number of ether oxygens (including phenoxy) is 1. The molecule has 0 aliphatic carbocycles. The van der Waals surface area contributed by atoms with Gasteiger partial charge in [-0.25, -0.2) is 0 Å². The summed E-state index contributed by atoms with van der Waals surface area (Å²) < 4.78 is 6.15. The number of nitro groups is 1. The van der Waals surface area contributed by atoms with Crippen LogP contribution in [0.3, 0.4) is 0 Å². The van der Waals surface area contributed by atoms with E-state index < -0.39 is 11.2 Å². The molecule has 1 aliphatic heterocycles. The van der Waals surface area contributed by atoms with Crippen molar-refractivity contribution in [3.8, 4) is 17.1 Å². The molecular weight excluding hydrogens is 430 g/mol. The summed E-state index contributed by atoms with van der Waals surface area (Å²) in [6, 6.07) is 11.4. The molecule has 0 saturated heterocycles. The van der Waals surface area contributed by atoms with Gasteiger partial charge in [-0.3, -0.25) is 19.8 Å². The molecule has 3 aromatic rings. The largest absolute Gasteiger partial charge is 0.447 e. The van der Waals surface area contributed by atoms with E-state index in [1.54, 1.807) is 18.2 Å². The average Bonchev–Trinajstić information content (AvgIpc) is 2.87. The Morgan fingerprint density at radius 2 is 2.03 bits per heavy atom. The fraction of sp³-hybridized carbons (Fsp3) is 0.158. The molecule has 1 amide bonds. The minimum atomic E-state index is -0.963. The second-order valence-corrected chi connectivity index (χ2v) is 7.48. The molecule has 0 radical (unpaired) electrons. The molecule has 0 bridgehead atoms. The summed E-state index contributed by atoms with van der Waals surface area (Å²) in [4.78, 5) is 29.1. The first kappa shape index (κ1) is 20.0. The minimum Gasteiger partial charge on any atom is -0.447 e. The molecule has 2 aromatic carbocycles. The smallest absolute Gasteiger partial charge is 0.287 e. The van der Waals surface area contributed by atoms with Crippen LogP contribution in [0.5, 0.6) is 5.88 Å². The third kappa shape index (κ3) is 3.44. The SMILES string of the molecule is CSc1nnc2c(n1)O[C@@H](c1ccc([N+](=O)[O-])c(Cl)c1)N(C(C)=O)c1ccccc1-2. The maximum absolute atomic E-state index is 12.7. The number of nitrogens with zero attached hydrogens (tertiary/aromatic N) is 5. The lowest BCUT2D eigenvalue weighted by molar-refractivity contribution is -0.384. The number of hydrogen-bond acceptors (Lipinski definition) is 8. The number of aromatic nitrogens is 3. The van der Waals surface area contributed by atoms with Gasteiger partial charge in [-0.1, -0.05) is 41.6 Å². The first-order valence-electron chi connectivity index (χ1n) is 8.69. The predicted molar refractivity (Wildman–Crippen MR) is 112 cm³/mol. The van der Waals surface area contributed by atoms with Crippen LogP contribution >= 0.6 is 23.4 Å². The first-order chi connectivity index (χ1) is 14.4. The van der Waals surface area contributed by atoms with Crippen LogP contribution in [0.1, 0.15) is 18.7 Å². The van der Waals surface area contributed by atoms with Gasteiger partial charge in [0.25, 0.3) is 5.69 Å². The number of benzene rings is 2. The number of fused-ring (bicyclic) bond motifs is 3. The Bertz CT molecular complexity index is 1180. The number of amides is 1. The first-order valence-corrected chi connectivity index (χ1v) is 10.3. The molecule has 152 valence electrons. The third-order valence-corrected chi connectivity index (χ3v) is 5.33. The van der Waals surface area contributed by atoms with E-state index in [0.717, 1.165) is 0 Å². The molecule has 9 nitrogen and oxygen atoms in total. The van der Waals surface area contributed by atoms with Crippen LogP contribution in [0.2, 0.25) is 5.02 Å². The molecular formula is C19H14ClN5O4S. The highest BCUT2D eigenvalue weighted by molar-refractivity contribution is 7.98. The molecule has 0 fully saturated rings. The van der Waals surface area contributed by atoms with Crippen LogP contribution in [0.4, 0.5) is 11.4 Å². The van der Waals surface area contributed by atoms with E-state index in [2.05, 4.69) is 15.2 Å². The Hall–Kier alpha value is -3.24. The second kappa shape index (κ2) is 7.88. The molecule has 0 unspecified atom stereocenters. The summed E-state index contributed by atoms with van der Waals surface area (Å²) >= 11 is 7.42. The molecule has 0 N–H and O–H groups in total. The third-order valence-electron chi connectivity index (χ3n) is 4.49. The summed E-state index contributed by atoms with van der Waals surface area (Å²) in [7, 11) is 0. The van der Waals surface area contributed by atoms with Crippen LogP contribution in [-0.2, 0) is 4.79 Å². The van der Waals surface area contributed by atoms with Gasteiger partial charge in [0, 0.05) is 24.1 Å². The number of carbonyl (C=O) groups is 1. The summed E-state index contributed by atoms with van der Waals surface area (Å²) in [6.07, 6.45) is 0.846. The summed E-state index contributed by atoms with van der Waals surface area (Å²) in [5.74, 6) is -0.0993. The number of halogens is 1. The highest BCUT2D eigenvalue weighted by Crippen LogP contribution is 2.43. The van der Waals surface area contributed by atoms with Gasteiger partial charge >= 0.3 is 0 Å². The number of nitro benzene ring substituents is 1. The molecule has 11 heteroatoms. The van der Waals surface area contributed by atoms with E-state index in [0.29, 0.717) is 27.7 Å². The number of anilines is 1. The average molecular weight is 444 g/mol. The van der Waals surface area contributed by atoms with E-state index >= 15 is 0 Å². The quantitative estimate of drug-likeness (QED) is 0.335. The Morgan fingerprint density at radius 3 is 2.70 bits per heavy atom. The fourth-order valence-electron chi connectivity index (χ4n) is 3.18. The van der Waals surface area contributed by atoms with Crippen molar-refractivity contribution in [1.29, 1.82) is 0 Å². The van der Waals surface area contributed by atoms with Crippen molar-refractivity contribution in [2.45, 2.75) is 18.3 Å². The molecule has 2 heterocycles. The van der Waals surface area contributed by atoms with Crippen LogP contribution < -0.4 is 9.64 Å². The van der Waals surface area contributed by atoms with Crippen LogP contribution in [0.15, 0.2) is 47.6 Å². The molecule has 1 aliphatic rings. The lowest BCUT2D eigenvalue weighted by Crippen LogP contribution is -2.36. The van der Waals surface area contributed by atoms with Gasteiger partial charge in [0.1, 0.15) is 5.02 Å². The number of hydrogen-bond donors (Lipinski definition) is 0. The lowest BCUT2D eigenvalue weighted by atomic mass is 10.1. The Kier molecular flexibility index (Phi) is 5.27. The zero-order valence-corrected chi connectivity index (χ0v) is 17.3. The van der Waals surface area contributed by atoms with Crippen molar-refractivity contribution in [2.75, 3.05) is 11.2 Å². The highest BCUT2D eigenvalue weighted by atomic mass is 35.5. The van der Waals surface area contributed by atoms with E-state index in [1.807, 2.05) is 12.3 Å². The van der Waals surface area contributed by atoms with Crippen molar-refractivity contribution in [3.63, 3.8) is 0 Å². The maximum Gasteiger partial charge on any atom is 0.287 e. The zero-order chi connectivity index (χ0) is 21.4. The molecule has 30 heavy (non-hydrogen) atoms. The number of carbonyl (C=O) groups excluding carboxylic acids is 1. The van der Waals surface area contributed by atoms with E-state index in [1.165, 1.54) is 41.8 Å². The standard InChI is InChI=1S/C19H14ClN5O4S/c1-10(26)24-14-6-4-3-5-12(14)16-17(21-19(30-2)23-22-16)29-18(24)11-7-8-15(25(27)28)13(20)9-11/h3-9,18H,1-2H3/t18-/m0/s1. The Balaban J connectivity index is 1.95. The summed E-state index contributed by atoms with van der Waals surface area (Å²) in [5.41, 5.74) is 1.79. The topological polar surface area (TPSA) is 111 Å². The highest BCUT2D eigenvalue weighted by Gasteiger charge is 2.35. The van der Waals surface area contributed by atoms with Gasteiger partial charge in [-0.05, 0) is 24.5 Å². The van der Waals surface area contributed by atoms with Gasteiger partial charge in [0.2, 0.25) is 23.2 Å². The Morgan fingerprint density at radius 1 is 1.27 bits per heavy atom. The predicted octanol–water partition coefficient (Wildman–Crippen LogP) is 4.27. The van der Waals surface area contributed by atoms with Crippen molar-refractivity contribution >= 4 is 40.6 Å². The molecule has 1 aromatic heterocycles. The molecule has 4 rings (SSSR count). The van der Waals surface area contributed by atoms with E-state index in [-0.39, 0.29) is 22.5 Å². The van der Waals surface area contributed by atoms with Gasteiger partial charge in [0.05, 0.1) is 10.6 Å². The van der Waals surface area contributed by atoms with Crippen LogP contribution in [0.25, 0.3) is 11.3 Å². The zero-order valence-electron chi connectivity index (χ0n) is 15.8. The number of rotatable bonds is 3. The molecule has 0 saturated carbocycles. The summed E-state index contributed by atoms with van der Waals surface area (Å²) in [5, 5.41) is 19.8. The fourth-order valence-corrected chi connectivity index (χ4v) is 3.74. The van der Waals surface area contributed by atoms with Gasteiger partial charge < -0.3 is 4.74 Å². The van der Waals surface area contributed by atoms with Gasteiger partial charge in [-0.15, -0.1) is 10.2 Å². The van der Waals surface area contributed by atoms with E-state index in [9.17, 15) is 14.9 Å². The summed E-state index contributed by atoms with van der Waals surface area (Å²) in [6.45, 7) is 1.41. The maximum atomic E-state index is 12.7. The second-order valence-electron chi connectivity index (χ2n) is 6.30. The minimum absolute atomic E-state index is 0.0621. The molecule has 1 atom stereocenters. The number of thioether (sulfide) groups is 1.